The van der Waals surface area contributed by atoms with Crippen molar-refractivity contribution in [1.29, 1.82) is 0 Å². The molecule has 0 spiro atoms. The minimum absolute atomic E-state index is 0.105. The van der Waals surface area contributed by atoms with Gasteiger partial charge in [-0.2, -0.15) is 0 Å². The van der Waals surface area contributed by atoms with E-state index in [-0.39, 0.29) is 6.42 Å². The molecule has 0 saturated heterocycles. The van der Waals surface area contributed by atoms with Gasteiger partial charge >= 0.3 is 0 Å². The standard InChI is InChI=1S/C20H19N3O3S/c1-27(25,26)23-18(24)12-13-22-14-17(15-8-4-2-5-9-15)21-20(22)19(23)16-10-6-3-7-11-16/h2-11,14,19H,12-13H2,1H3. The van der Waals surface area contributed by atoms with Gasteiger partial charge in [-0.3, -0.25) is 4.79 Å². The number of sulfonamides is 1. The van der Waals surface area contributed by atoms with E-state index in [2.05, 4.69) is 0 Å². The molecule has 6 nitrogen and oxygen atoms in total. The molecule has 27 heavy (non-hydrogen) atoms. The molecule has 7 heteroatoms. The summed E-state index contributed by atoms with van der Waals surface area (Å²) in [5, 5.41) is 0. The van der Waals surface area contributed by atoms with Gasteiger partial charge in [-0.25, -0.2) is 17.7 Å². The Morgan fingerprint density at radius 2 is 1.63 bits per heavy atom. The average Bonchev–Trinajstić information content (AvgIpc) is 3.02. The maximum absolute atomic E-state index is 12.7. The van der Waals surface area contributed by atoms with Crippen LogP contribution in [-0.2, 0) is 21.4 Å². The minimum Gasteiger partial charge on any atom is -0.332 e. The zero-order valence-corrected chi connectivity index (χ0v) is 15.6. The van der Waals surface area contributed by atoms with Crippen LogP contribution in [0.1, 0.15) is 23.9 Å². The zero-order valence-electron chi connectivity index (χ0n) is 14.8. The van der Waals surface area contributed by atoms with Crippen molar-refractivity contribution in [2.45, 2.75) is 19.0 Å². The molecule has 1 aliphatic rings. The lowest BCUT2D eigenvalue weighted by molar-refractivity contribution is -0.127. The van der Waals surface area contributed by atoms with Gasteiger partial charge in [-0.05, 0) is 5.56 Å². The number of amides is 1. The van der Waals surface area contributed by atoms with Crippen molar-refractivity contribution < 1.29 is 13.2 Å². The third-order valence-electron chi connectivity index (χ3n) is 4.64. The molecule has 2 heterocycles. The van der Waals surface area contributed by atoms with Gasteiger partial charge in [0.15, 0.2) is 0 Å². The van der Waals surface area contributed by atoms with Crippen LogP contribution in [0.4, 0.5) is 0 Å². The fourth-order valence-corrected chi connectivity index (χ4v) is 4.51. The van der Waals surface area contributed by atoms with Gasteiger partial charge in [0.25, 0.3) is 0 Å². The molecule has 0 radical (unpaired) electrons. The maximum Gasteiger partial charge on any atom is 0.238 e. The molecule has 2 aromatic carbocycles. The summed E-state index contributed by atoms with van der Waals surface area (Å²) in [7, 11) is -3.76. The summed E-state index contributed by atoms with van der Waals surface area (Å²) in [6, 6.07) is 18.1. The van der Waals surface area contributed by atoms with E-state index in [0.717, 1.165) is 21.8 Å². The Bertz CT molecular complexity index is 1080. The second kappa shape index (κ2) is 6.66. The van der Waals surface area contributed by atoms with E-state index in [4.69, 9.17) is 4.98 Å². The van der Waals surface area contributed by atoms with Gasteiger partial charge in [-0.15, -0.1) is 0 Å². The molecule has 1 atom stereocenters. The van der Waals surface area contributed by atoms with Crippen molar-refractivity contribution in [3.63, 3.8) is 0 Å². The number of aryl methyl sites for hydroxylation is 1. The van der Waals surface area contributed by atoms with E-state index in [0.29, 0.717) is 17.9 Å². The molecule has 3 aromatic rings. The van der Waals surface area contributed by atoms with Gasteiger partial charge in [0, 0.05) is 24.7 Å². The minimum atomic E-state index is -3.76. The summed E-state index contributed by atoms with van der Waals surface area (Å²) in [5.41, 5.74) is 2.42. The lowest BCUT2D eigenvalue weighted by Gasteiger charge is -2.27. The maximum atomic E-state index is 12.7. The van der Waals surface area contributed by atoms with Crippen LogP contribution in [0.15, 0.2) is 66.9 Å². The van der Waals surface area contributed by atoms with Gasteiger partial charge < -0.3 is 4.57 Å². The van der Waals surface area contributed by atoms with Gasteiger partial charge in [0.1, 0.15) is 11.9 Å². The van der Waals surface area contributed by atoms with E-state index in [1.807, 2.05) is 71.4 Å². The third kappa shape index (κ3) is 3.26. The van der Waals surface area contributed by atoms with Crippen LogP contribution in [-0.4, -0.2) is 34.4 Å². The largest absolute Gasteiger partial charge is 0.332 e. The Kier molecular flexibility index (Phi) is 4.31. The number of carbonyl (C=O) groups is 1. The normalized spacial score (nSPS) is 17.4. The fraction of sp³-hybridized carbons (Fsp3) is 0.200. The molecule has 1 amide bonds. The van der Waals surface area contributed by atoms with E-state index < -0.39 is 22.0 Å². The molecule has 1 aliphatic heterocycles. The molecule has 0 aliphatic carbocycles. The highest BCUT2D eigenvalue weighted by atomic mass is 32.2. The molecular formula is C20H19N3O3S. The van der Waals surface area contributed by atoms with Gasteiger partial charge in [0.2, 0.25) is 15.9 Å². The summed E-state index contributed by atoms with van der Waals surface area (Å²) in [4.78, 5) is 17.4. The highest BCUT2D eigenvalue weighted by Gasteiger charge is 2.38. The highest BCUT2D eigenvalue weighted by molar-refractivity contribution is 7.88. The number of benzene rings is 2. The second-order valence-electron chi connectivity index (χ2n) is 6.56. The van der Waals surface area contributed by atoms with Crippen LogP contribution in [0.5, 0.6) is 0 Å². The first-order valence-corrected chi connectivity index (χ1v) is 10.5. The Labute approximate surface area is 158 Å². The predicted octanol–water partition coefficient (Wildman–Crippen LogP) is 2.83. The molecule has 1 unspecified atom stereocenters. The molecule has 138 valence electrons. The van der Waals surface area contributed by atoms with Crippen molar-refractivity contribution in [1.82, 2.24) is 13.9 Å². The van der Waals surface area contributed by atoms with Crippen molar-refractivity contribution in [2.24, 2.45) is 0 Å². The second-order valence-corrected chi connectivity index (χ2v) is 8.42. The molecule has 0 N–H and O–H groups in total. The summed E-state index contributed by atoms with van der Waals surface area (Å²) in [6.45, 7) is 0.392. The number of carbonyl (C=O) groups excluding carboxylic acids is 1. The van der Waals surface area contributed by atoms with Crippen LogP contribution < -0.4 is 0 Å². The summed E-state index contributed by atoms with van der Waals surface area (Å²) >= 11 is 0. The number of imidazole rings is 1. The van der Waals surface area contributed by atoms with E-state index in [9.17, 15) is 13.2 Å². The fourth-order valence-electron chi connectivity index (χ4n) is 3.45. The summed E-state index contributed by atoms with van der Waals surface area (Å²) in [6.07, 6.45) is 3.06. The Hall–Kier alpha value is -2.93. The van der Waals surface area contributed by atoms with Crippen LogP contribution in [0.2, 0.25) is 0 Å². The molecular weight excluding hydrogens is 362 g/mol. The highest BCUT2D eigenvalue weighted by Crippen LogP contribution is 2.34. The summed E-state index contributed by atoms with van der Waals surface area (Å²) in [5.74, 6) is 0.134. The van der Waals surface area contributed by atoms with Crippen LogP contribution in [0.25, 0.3) is 11.3 Å². The average molecular weight is 381 g/mol. The SMILES string of the molecule is CS(=O)(=O)N1C(=O)CCn2cc(-c3ccccc3)nc2C1c1ccccc1. The molecule has 0 fully saturated rings. The molecule has 0 bridgehead atoms. The quantitative estimate of drug-likeness (QED) is 0.699. The first kappa shape index (κ1) is 17.5. The van der Waals surface area contributed by atoms with Crippen molar-refractivity contribution in [3.8, 4) is 11.3 Å². The van der Waals surface area contributed by atoms with Gasteiger partial charge in [0.05, 0.1) is 11.9 Å². The van der Waals surface area contributed by atoms with Crippen LogP contribution in [0, 0.1) is 0 Å². The van der Waals surface area contributed by atoms with Crippen molar-refractivity contribution >= 4 is 15.9 Å². The number of rotatable bonds is 3. The van der Waals surface area contributed by atoms with E-state index >= 15 is 0 Å². The summed E-state index contributed by atoms with van der Waals surface area (Å²) < 4.78 is 27.8. The lowest BCUT2D eigenvalue weighted by atomic mass is 10.1. The van der Waals surface area contributed by atoms with Crippen molar-refractivity contribution in [3.05, 3.63) is 78.2 Å². The van der Waals surface area contributed by atoms with E-state index in [1.165, 1.54) is 0 Å². The number of hydrogen-bond acceptors (Lipinski definition) is 4. The number of aromatic nitrogens is 2. The topological polar surface area (TPSA) is 72.3 Å². The third-order valence-corrected chi connectivity index (χ3v) is 5.77. The Morgan fingerprint density at radius 3 is 2.26 bits per heavy atom. The first-order valence-electron chi connectivity index (χ1n) is 8.65. The Balaban J connectivity index is 1.93. The molecule has 1 aromatic heterocycles. The van der Waals surface area contributed by atoms with Crippen LogP contribution in [0.3, 0.4) is 0 Å². The smallest absolute Gasteiger partial charge is 0.238 e. The first-order chi connectivity index (χ1) is 12.9. The lowest BCUT2D eigenvalue weighted by Crippen LogP contribution is -2.39. The molecule has 0 saturated carbocycles. The zero-order chi connectivity index (χ0) is 19.0. The number of fused-ring (bicyclic) bond motifs is 1. The monoisotopic (exact) mass is 381 g/mol. The number of hydrogen-bond donors (Lipinski definition) is 0. The van der Waals surface area contributed by atoms with Crippen LogP contribution >= 0.6 is 0 Å². The van der Waals surface area contributed by atoms with Crippen molar-refractivity contribution in [2.75, 3.05) is 6.26 Å². The Morgan fingerprint density at radius 1 is 1.00 bits per heavy atom. The molecule has 4 rings (SSSR count). The van der Waals surface area contributed by atoms with E-state index in [1.54, 1.807) is 0 Å². The predicted molar refractivity (Wildman–Crippen MR) is 102 cm³/mol. The van der Waals surface area contributed by atoms with Gasteiger partial charge in [-0.1, -0.05) is 60.7 Å². The number of nitrogens with zero attached hydrogens (tertiary/aromatic N) is 3.